The zero-order valence-electron chi connectivity index (χ0n) is 11.1. The van der Waals surface area contributed by atoms with Gasteiger partial charge in [-0.2, -0.15) is 0 Å². The van der Waals surface area contributed by atoms with Crippen molar-refractivity contribution < 1.29 is 19.4 Å². The quantitative estimate of drug-likeness (QED) is 0.868. The minimum Gasteiger partial charge on any atom is -0.481 e. The molecular weight excluding hydrogens is 317 g/mol. The number of anilines is 1. The van der Waals surface area contributed by atoms with Crippen molar-refractivity contribution in [2.75, 3.05) is 11.9 Å². The van der Waals surface area contributed by atoms with Crippen molar-refractivity contribution in [3.8, 4) is 0 Å². The number of amides is 1. The highest BCUT2D eigenvalue weighted by Gasteiger charge is 2.33. The molecule has 2 rings (SSSR count). The number of halogens is 2. The summed E-state index contributed by atoms with van der Waals surface area (Å²) in [5, 5.41) is 12.2. The molecule has 1 aromatic rings. The van der Waals surface area contributed by atoms with E-state index in [0.717, 1.165) is 6.42 Å². The van der Waals surface area contributed by atoms with Crippen molar-refractivity contribution in [3.63, 3.8) is 0 Å². The smallest absolute Gasteiger partial charge is 0.304 e. The molecule has 0 radical (unpaired) electrons. The third kappa shape index (κ3) is 4.09. The predicted octanol–water partition coefficient (Wildman–Crippen LogP) is 3.20. The summed E-state index contributed by atoms with van der Waals surface area (Å²) < 4.78 is 5.45. The van der Waals surface area contributed by atoms with Crippen LogP contribution >= 0.6 is 23.2 Å². The lowest BCUT2D eigenvalue weighted by Gasteiger charge is -2.21. The van der Waals surface area contributed by atoms with Crippen LogP contribution in [0.4, 0.5) is 5.69 Å². The van der Waals surface area contributed by atoms with E-state index in [2.05, 4.69) is 5.32 Å². The van der Waals surface area contributed by atoms with Gasteiger partial charge >= 0.3 is 5.97 Å². The van der Waals surface area contributed by atoms with Crippen molar-refractivity contribution in [1.29, 1.82) is 0 Å². The lowest BCUT2D eigenvalue weighted by molar-refractivity contribution is -0.142. The van der Waals surface area contributed by atoms with Crippen LogP contribution in [0.15, 0.2) is 18.2 Å². The lowest BCUT2D eigenvalue weighted by atomic mass is 9.95. The number of benzene rings is 1. The standard InChI is InChI=1S/C14H15Cl2NO4/c15-9-3-1-4-10(13(9)16)17-14(20)8(7-12(18)19)11-5-2-6-21-11/h1,3-4,8,11H,2,5-7H2,(H,17,20)(H,18,19). The molecule has 0 aromatic heterocycles. The Morgan fingerprint density at radius 1 is 1.43 bits per heavy atom. The van der Waals surface area contributed by atoms with Gasteiger partial charge in [0.15, 0.2) is 0 Å². The van der Waals surface area contributed by atoms with Gasteiger partial charge in [0.25, 0.3) is 0 Å². The molecule has 1 aromatic carbocycles. The van der Waals surface area contributed by atoms with Crippen molar-refractivity contribution in [3.05, 3.63) is 28.2 Å². The number of carbonyl (C=O) groups excluding carboxylic acids is 1. The van der Waals surface area contributed by atoms with E-state index >= 15 is 0 Å². The number of carboxylic acids is 1. The van der Waals surface area contributed by atoms with Crippen molar-refractivity contribution in [1.82, 2.24) is 0 Å². The minimum atomic E-state index is -1.04. The zero-order valence-corrected chi connectivity index (χ0v) is 12.7. The molecule has 2 unspecified atom stereocenters. The third-order valence-corrected chi connectivity index (χ3v) is 4.17. The predicted molar refractivity (Wildman–Crippen MR) is 79.8 cm³/mol. The van der Waals surface area contributed by atoms with Gasteiger partial charge < -0.3 is 15.2 Å². The second kappa shape index (κ2) is 7.11. The summed E-state index contributed by atoms with van der Waals surface area (Å²) in [6.45, 7) is 0.548. The summed E-state index contributed by atoms with van der Waals surface area (Å²) >= 11 is 11.9. The molecule has 0 spiro atoms. The highest BCUT2D eigenvalue weighted by molar-refractivity contribution is 6.44. The maximum absolute atomic E-state index is 12.3. The van der Waals surface area contributed by atoms with Crippen molar-refractivity contribution in [2.45, 2.75) is 25.4 Å². The third-order valence-electron chi connectivity index (χ3n) is 3.35. The summed E-state index contributed by atoms with van der Waals surface area (Å²) in [6, 6.07) is 4.87. The van der Waals surface area contributed by atoms with Crippen LogP contribution < -0.4 is 5.32 Å². The normalized spacial score (nSPS) is 19.2. The van der Waals surface area contributed by atoms with E-state index in [1.807, 2.05) is 0 Å². The molecule has 0 bridgehead atoms. The average molecular weight is 332 g/mol. The Morgan fingerprint density at radius 2 is 2.19 bits per heavy atom. The Bertz CT molecular complexity index is 544. The van der Waals surface area contributed by atoms with Gasteiger partial charge in [-0.25, -0.2) is 0 Å². The largest absolute Gasteiger partial charge is 0.481 e. The molecule has 5 nitrogen and oxygen atoms in total. The molecular formula is C14H15Cl2NO4. The van der Waals surface area contributed by atoms with Gasteiger partial charge in [-0.3, -0.25) is 9.59 Å². The van der Waals surface area contributed by atoms with Crippen LogP contribution in [0.25, 0.3) is 0 Å². The fourth-order valence-corrected chi connectivity index (χ4v) is 2.67. The number of aliphatic carboxylic acids is 1. The van der Waals surface area contributed by atoms with Crippen LogP contribution in [0.5, 0.6) is 0 Å². The Labute approximate surface area is 132 Å². The van der Waals surface area contributed by atoms with Gasteiger partial charge in [0, 0.05) is 6.61 Å². The van der Waals surface area contributed by atoms with Crippen molar-refractivity contribution in [2.24, 2.45) is 5.92 Å². The molecule has 1 saturated heterocycles. The number of hydrogen-bond donors (Lipinski definition) is 2. The molecule has 2 N–H and O–H groups in total. The molecule has 1 heterocycles. The summed E-state index contributed by atoms with van der Waals surface area (Å²) in [7, 11) is 0. The molecule has 1 fully saturated rings. The summed E-state index contributed by atoms with van der Waals surface area (Å²) in [4.78, 5) is 23.3. The highest BCUT2D eigenvalue weighted by atomic mass is 35.5. The molecule has 1 aliphatic rings. The number of carbonyl (C=O) groups is 2. The van der Waals surface area contributed by atoms with Crippen LogP contribution in [-0.4, -0.2) is 29.7 Å². The van der Waals surface area contributed by atoms with Gasteiger partial charge in [0.05, 0.1) is 34.2 Å². The lowest BCUT2D eigenvalue weighted by Crippen LogP contribution is -2.34. The maximum Gasteiger partial charge on any atom is 0.304 e. The van der Waals surface area contributed by atoms with Crippen LogP contribution in [0.2, 0.25) is 10.0 Å². The van der Waals surface area contributed by atoms with E-state index in [1.165, 1.54) is 0 Å². The molecule has 114 valence electrons. The van der Waals surface area contributed by atoms with Gasteiger partial charge in [-0.05, 0) is 25.0 Å². The van der Waals surface area contributed by atoms with E-state index in [-0.39, 0.29) is 17.5 Å². The van der Waals surface area contributed by atoms with E-state index in [4.69, 9.17) is 33.0 Å². The number of ether oxygens (including phenoxy) is 1. The summed E-state index contributed by atoms with van der Waals surface area (Å²) in [5.74, 6) is -2.21. The second-order valence-electron chi connectivity index (χ2n) is 4.85. The average Bonchev–Trinajstić information content (AvgIpc) is 2.94. The first kappa shape index (κ1) is 16.1. The van der Waals surface area contributed by atoms with Gasteiger partial charge in [-0.1, -0.05) is 29.3 Å². The molecule has 2 atom stereocenters. The zero-order chi connectivity index (χ0) is 15.4. The Kier molecular flexibility index (Phi) is 5.45. The van der Waals surface area contributed by atoms with Crippen LogP contribution in [0, 0.1) is 5.92 Å². The summed E-state index contributed by atoms with van der Waals surface area (Å²) in [6.07, 6.45) is 0.842. The van der Waals surface area contributed by atoms with E-state index in [0.29, 0.717) is 23.7 Å². The number of hydrogen-bond acceptors (Lipinski definition) is 3. The number of rotatable bonds is 5. The van der Waals surface area contributed by atoms with Crippen LogP contribution in [-0.2, 0) is 14.3 Å². The number of carboxylic acid groups (broad SMARTS) is 1. The first-order valence-corrected chi connectivity index (χ1v) is 7.33. The van der Waals surface area contributed by atoms with Crippen LogP contribution in [0.3, 0.4) is 0 Å². The Hall–Kier alpha value is -1.30. The number of nitrogens with one attached hydrogen (secondary N) is 1. The van der Waals surface area contributed by atoms with E-state index in [1.54, 1.807) is 18.2 Å². The Morgan fingerprint density at radius 3 is 2.81 bits per heavy atom. The first-order valence-electron chi connectivity index (χ1n) is 6.57. The topological polar surface area (TPSA) is 75.6 Å². The van der Waals surface area contributed by atoms with Crippen molar-refractivity contribution >= 4 is 40.8 Å². The van der Waals surface area contributed by atoms with E-state index in [9.17, 15) is 9.59 Å². The molecule has 0 saturated carbocycles. The molecule has 7 heteroatoms. The molecule has 0 aliphatic carbocycles. The molecule has 1 amide bonds. The highest BCUT2D eigenvalue weighted by Crippen LogP contribution is 2.31. The minimum absolute atomic E-state index is 0.230. The van der Waals surface area contributed by atoms with Gasteiger partial charge in [0.2, 0.25) is 5.91 Å². The molecule has 21 heavy (non-hydrogen) atoms. The SMILES string of the molecule is O=C(O)CC(C(=O)Nc1cccc(Cl)c1Cl)C1CCCO1. The van der Waals surface area contributed by atoms with E-state index < -0.39 is 17.8 Å². The Balaban J connectivity index is 2.14. The fourth-order valence-electron chi connectivity index (χ4n) is 2.33. The fraction of sp³-hybridized carbons (Fsp3) is 0.429. The van der Waals surface area contributed by atoms with Crippen LogP contribution in [0.1, 0.15) is 19.3 Å². The van der Waals surface area contributed by atoms with Gasteiger partial charge in [0.1, 0.15) is 0 Å². The first-order chi connectivity index (χ1) is 9.99. The van der Waals surface area contributed by atoms with Gasteiger partial charge in [-0.15, -0.1) is 0 Å². The second-order valence-corrected chi connectivity index (χ2v) is 5.63. The maximum atomic E-state index is 12.3. The summed E-state index contributed by atoms with van der Waals surface area (Å²) in [5.41, 5.74) is 0.363. The molecule has 1 aliphatic heterocycles. The monoisotopic (exact) mass is 331 g/mol.